The van der Waals surface area contributed by atoms with Gasteiger partial charge in [0, 0.05) is 18.1 Å². The van der Waals surface area contributed by atoms with Crippen molar-refractivity contribution in [2.45, 2.75) is 32.4 Å². The summed E-state index contributed by atoms with van der Waals surface area (Å²) in [6, 6.07) is 18.2. The van der Waals surface area contributed by atoms with E-state index in [1.807, 2.05) is 42.5 Å². The molecule has 1 heterocycles. The number of hydrogen-bond acceptors (Lipinski definition) is 2. The second-order valence-corrected chi connectivity index (χ2v) is 6.09. The highest BCUT2D eigenvalue weighted by atomic mass is 35.5. The summed E-state index contributed by atoms with van der Waals surface area (Å²) in [7, 11) is 0. The number of hydrogen-bond donors (Lipinski definition) is 1. The van der Waals surface area contributed by atoms with Crippen molar-refractivity contribution in [3.63, 3.8) is 0 Å². The zero-order valence-corrected chi connectivity index (χ0v) is 13.8. The molecule has 0 amide bonds. The van der Waals surface area contributed by atoms with Gasteiger partial charge in [-0.25, -0.2) is 0 Å². The summed E-state index contributed by atoms with van der Waals surface area (Å²) in [5, 5.41) is 0.826. The standard InChI is InChI=1S/C12H16ClN.C7H9N/c13-12-6-4-11(5-7-12)10-14-8-2-1-3-9-14;8-6-7-4-2-1-3-5-7/h4-7H,1-3,8-10H2;1-5H,6,8H2. The van der Waals surface area contributed by atoms with Crippen molar-refractivity contribution in [2.24, 2.45) is 5.73 Å². The van der Waals surface area contributed by atoms with E-state index in [4.69, 9.17) is 17.3 Å². The van der Waals surface area contributed by atoms with Gasteiger partial charge in [-0.2, -0.15) is 0 Å². The van der Waals surface area contributed by atoms with Gasteiger partial charge in [0.25, 0.3) is 0 Å². The van der Waals surface area contributed by atoms with E-state index in [1.54, 1.807) is 0 Å². The molecule has 1 saturated heterocycles. The highest BCUT2D eigenvalue weighted by Gasteiger charge is 2.09. The van der Waals surface area contributed by atoms with Gasteiger partial charge in [0.15, 0.2) is 0 Å². The highest BCUT2D eigenvalue weighted by molar-refractivity contribution is 6.30. The molecule has 0 spiro atoms. The second-order valence-electron chi connectivity index (χ2n) is 5.65. The van der Waals surface area contributed by atoms with Gasteiger partial charge >= 0.3 is 0 Å². The zero-order chi connectivity index (χ0) is 15.6. The molecule has 0 bridgehead atoms. The third-order valence-electron chi connectivity index (χ3n) is 3.85. The lowest BCUT2D eigenvalue weighted by Crippen LogP contribution is -2.28. The predicted octanol–water partition coefficient (Wildman–Crippen LogP) is 4.47. The maximum absolute atomic E-state index is 5.84. The topological polar surface area (TPSA) is 29.3 Å². The summed E-state index contributed by atoms with van der Waals surface area (Å²) >= 11 is 5.84. The van der Waals surface area contributed by atoms with E-state index in [-0.39, 0.29) is 0 Å². The molecule has 2 nitrogen and oxygen atoms in total. The highest BCUT2D eigenvalue weighted by Crippen LogP contribution is 2.15. The molecule has 3 heteroatoms. The average Bonchev–Trinajstić information content (AvgIpc) is 2.59. The third kappa shape index (κ3) is 6.18. The van der Waals surface area contributed by atoms with Crippen molar-refractivity contribution in [2.75, 3.05) is 13.1 Å². The molecule has 0 aromatic heterocycles. The van der Waals surface area contributed by atoms with Crippen LogP contribution in [-0.4, -0.2) is 18.0 Å². The number of halogens is 1. The van der Waals surface area contributed by atoms with Gasteiger partial charge in [0.05, 0.1) is 0 Å². The Balaban J connectivity index is 0.000000188. The summed E-state index contributed by atoms with van der Waals surface area (Å²) in [4.78, 5) is 2.52. The number of nitrogens with zero attached hydrogens (tertiary/aromatic N) is 1. The fourth-order valence-electron chi connectivity index (χ4n) is 2.58. The van der Waals surface area contributed by atoms with Crippen molar-refractivity contribution < 1.29 is 0 Å². The molecular formula is C19H25ClN2. The minimum absolute atomic E-state index is 0.640. The zero-order valence-electron chi connectivity index (χ0n) is 13.0. The van der Waals surface area contributed by atoms with E-state index < -0.39 is 0 Å². The third-order valence-corrected chi connectivity index (χ3v) is 4.10. The number of piperidine rings is 1. The molecule has 0 unspecified atom stereocenters. The van der Waals surface area contributed by atoms with Crippen molar-refractivity contribution in [1.29, 1.82) is 0 Å². The first-order valence-electron chi connectivity index (χ1n) is 7.99. The van der Waals surface area contributed by atoms with E-state index >= 15 is 0 Å². The van der Waals surface area contributed by atoms with Crippen molar-refractivity contribution in [3.8, 4) is 0 Å². The quantitative estimate of drug-likeness (QED) is 0.905. The van der Waals surface area contributed by atoms with Gasteiger partial charge in [-0.1, -0.05) is 60.5 Å². The van der Waals surface area contributed by atoms with E-state index in [0.29, 0.717) is 6.54 Å². The van der Waals surface area contributed by atoms with Crippen LogP contribution in [0.25, 0.3) is 0 Å². The maximum atomic E-state index is 5.84. The monoisotopic (exact) mass is 316 g/mol. The largest absolute Gasteiger partial charge is 0.326 e. The predicted molar refractivity (Wildman–Crippen MR) is 94.9 cm³/mol. The normalized spacial score (nSPS) is 15.0. The SMILES string of the molecule is Clc1ccc(CN2CCCCC2)cc1.NCc1ccccc1. The Morgan fingerprint density at radius 2 is 1.45 bits per heavy atom. The van der Waals surface area contributed by atoms with Crippen LogP contribution in [0.2, 0.25) is 5.02 Å². The molecule has 3 rings (SSSR count). The Kier molecular flexibility index (Phi) is 7.44. The Bertz CT molecular complexity index is 519. The molecule has 0 saturated carbocycles. The summed E-state index contributed by atoms with van der Waals surface area (Å²) in [6.07, 6.45) is 4.11. The molecule has 118 valence electrons. The molecule has 1 aliphatic heterocycles. The summed E-state index contributed by atoms with van der Waals surface area (Å²) < 4.78 is 0. The van der Waals surface area contributed by atoms with Crippen LogP contribution in [0.5, 0.6) is 0 Å². The Morgan fingerprint density at radius 1 is 0.818 bits per heavy atom. The Hall–Kier alpha value is -1.35. The molecular weight excluding hydrogens is 292 g/mol. The molecule has 0 atom stereocenters. The van der Waals surface area contributed by atoms with Crippen LogP contribution in [0.1, 0.15) is 30.4 Å². The van der Waals surface area contributed by atoms with Crippen LogP contribution in [0.4, 0.5) is 0 Å². The van der Waals surface area contributed by atoms with Crippen molar-refractivity contribution in [3.05, 3.63) is 70.7 Å². The first-order chi connectivity index (χ1) is 10.8. The lowest BCUT2D eigenvalue weighted by atomic mass is 10.1. The van der Waals surface area contributed by atoms with Gasteiger partial charge in [-0.15, -0.1) is 0 Å². The van der Waals surface area contributed by atoms with Crippen LogP contribution in [0, 0.1) is 0 Å². The molecule has 0 aliphatic carbocycles. The van der Waals surface area contributed by atoms with Gasteiger partial charge in [0.1, 0.15) is 0 Å². The lowest BCUT2D eigenvalue weighted by Gasteiger charge is -2.26. The molecule has 1 aliphatic rings. The van der Waals surface area contributed by atoms with E-state index in [9.17, 15) is 0 Å². The maximum Gasteiger partial charge on any atom is 0.0406 e. The Labute approximate surface area is 138 Å². The second kappa shape index (κ2) is 9.62. The first-order valence-corrected chi connectivity index (χ1v) is 8.36. The fraction of sp³-hybridized carbons (Fsp3) is 0.368. The van der Waals surface area contributed by atoms with Crippen LogP contribution in [-0.2, 0) is 13.1 Å². The van der Waals surface area contributed by atoms with Crippen LogP contribution >= 0.6 is 11.6 Å². The van der Waals surface area contributed by atoms with Crippen LogP contribution < -0.4 is 5.73 Å². The van der Waals surface area contributed by atoms with Gasteiger partial charge < -0.3 is 5.73 Å². The number of nitrogens with two attached hydrogens (primary N) is 1. The van der Waals surface area contributed by atoms with Crippen molar-refractivity contribution >= 4 is 11.6 Å². The molecule has 22 heavy (non-hydrogen) atoms. The van der Waals surface area contributed by atoms with Gasteiger partial charge in [-0.3, -0.25) is 4.90 Å². The molecule has 2 aromatic rings. The fourth-order valence-corrected chi connectivity index (χ4v) is 2.71. The molecule has 2 aromatic carbocycles. The summed E-state index contributed by atoms with van der Waals surface area (Å²) in [6.45, 7) is 4.23. The Morgan fingerprint density at radius 3 is 2.00 bits per heavy atom. The first kappa shape index (κ1) is 17.0. The average molecular weight is 317 g/mol. The lowest BCUT2D eigenvalue weighted by molar-refractivity contribution is 0.221. The smallest absolute Gasteiger partial charge is 0.0406 e. The van der Waals surface area contributed by atoms with Gasteiger partial charge in [0.2, 0.25) is 0 Å². The summed E-state index contributed by atoms with van der Waals surface area (Å²) in [5.74, 6) is 0. The number of benzene rings is 2. The van der Waals surface area contributed by atoms with E-state index in [0.717, 1.165) is 11.6 Å². The number of rotatable bonds is 3. The van der Waals surface area contributed by atoms with Crippen LogP contribution in [0.15, 0.2) is 54.6 Å². The number of likely N-dealkylation sites (tertiary alicyclic amines) is 1. The van der Waals surface area contributed by atoms with Crippen molar-refractivity contribution in [1.82, 2.24) is 4.90 Å². The van der Waals surface area contributed by atoms with Gasteiger partial charge in [-0.05, 0) is 49.2 Å². The summed E-state index contributed by atoms with van der Waals surface area (Å²) in [5.41, 5.74) is 7.91. The molecule has 2 N–H and O–H groups in total. The molecule has 0 radical (unpaired) electrons. The minimum Gasteiger partial charge on any atom is -0.326 e. The minimum atomic E-state index is 0.640. The molecule has 1 fully saturated rings. The van der Waals surface area contributed by atoms with E-state index in [1.165, 1.54) is 43.5 Å². The van der Waals surface area contributed by atoms with E-state index in [2.05, 4.69) is 17.0 Å². The van der Waals surface area contributed by atoms with Crippen LogP contribution in [0.3, 0.4) is 0 Å².